The maximum Gasteiger partial charge on any atom is 0.0989 e. The van der Waals surface area contributed by atoms with Gasteiger partial charge in [-0.25, -0.2) is 0 Å². The molecule has 0 amide bonds. The van der Waals surface area contributed by atoms with Crippen LogP contribution in [-0.4, -0.2) is 106 Å². The molecule has 21 heavy (non-hydrogen) atoms. The molecule has 0 aromatic rings. The third kappa shape index (κ3) is 3.52. The minimum Gasteiger partial charge on any atom is -0.395 e. The number of hydrogen-bond donors (Lipinski definition) is 9. The summed E-state index contributed by atoms with van der Waals surface area (Å²) in [6.07, 6.45) is -3.99. The van der Waals surface area contributed by atoms with Crippen LogP contribution in [0.4, 0.5) is 0 Å². The lowest BCUT2D eigenvalue weighted by molar-refractivity contribution is 0.0171. The first-order valence-electron chi connectivity index (χ1n) is 7.16. The summed E-state index contributed by atoms with van der Waals surface area (Å²) in [5, 5.41) is 65.9. The topological polar surface area (TPSA) is 157 Å². The van der Waals surface area contributed by atoms with Gasteiger partial charge in [-0.05, 0) is 0 Å². The predicted octanol–water partition coefficient (Wildman–Crippen LogP) is -5.31. The minimum atomic E-state index is -1.02. The molecule has 8 atom stereocenters. The zero-order valence-electron chi connectivity index (χ0n) is 11.6. The van der Waals surface area contributed by atoms with Crippen molar-refractivity contribution >= 4 is 0 Å². The second-order valence-corrected chi connectivity index (χ2v) is 5.75. The van der Waals surface area contributed by atoms with Crippen LogP contribution >= 0.6 is 0 Å². The van der Waals surface area contributed by atoms with E-state index in [1.165, 1.54) is 0 Å². The van der Waals surface area contributed by atoms with Crippen molar-refractivity contribution in [3.8, 4) is 0 Å². The van der Waals surface area contributed by atoms with E-state index in [9.17, 15) is 20.4 Å². The fourth-order valence-electron chi connectivity index (χ4n) is 2.97. The average Bonchev–Trinajstić information content (AvgIpc) is 2.91. The maximum absolute atomic E-state index is 9.82. The van der Waals surface area contributed by atoms with Crippen molar-refractivity contribution < 1.29 is 30.6 Å². The lowest BCUT2D eigenvalue weighted by Gasteiger charge is -2.20. The molecular weight excluding hydrogens is 282 g/mol. The van der Waals surface area contributed by atoms with Gasteiger partial charge in [0.2, 0.25) is 0 Å². The van der Waals surface area contributed by atoms with Crippen LogP contribution in [0.25, 0.3) is 0 Å². The summed E-state index contributed by atoms with van der Waals surface area (Å²) in [5.41, 5.74) is 0. The van der Waals surface area contributed by atoms with Gasteiger partial charge in [-0.3, -0.25) is 0 Å². The first kappa shape index (κ1) is 17.0. The molecule has 0 spiro atoms. The van der Waals surface area contributed by atoms with E-state index in [0.29, 0.717) is 13.1 Å². The number of hydrogen-bond acceptors (Lipinski definition) is 9. The van der Waals surface area contributed by atoms with Gasteiger partial charge in [-0.1, -0.05) is 0 Å². The quantitative estimate of drug-likeness (QED) is 0.234. The standard InChI is InChI=1S/C12H25N3O6/c16-3-7-11(20)9(18)5(14-7)1-13-2-6-10(19)12(21)8(4-17)15-6/h5-21H,1-4H2/t5-,6-,7-,8-,9-,10-,11-,12-/m1/s1. The van der Waals surface area contributed by atoms with Crippen LogP contribution in [0.2, 0.25) is 0 Å². The van der Waals surface area contributed by atoms with Crippen LogP contribution in [0, 0.1) is 0 Å². The number of rotatable bonds is 6. The summed E-state index contributed by atoms with van der Waals surface area (Å²) < 4.78 is 0. The zero-order chi connectivity index (χ0) is 15.6. The number of nitrogens with one attached hydrogen (secondary N) is 3. The summed E-state index contributed by atoms with van der Waals surface area (Å²) in [7, 11) is 0. The third-order valence-electron chi connectivity index (χ3n) is 4.33. The van der Waals surface area contributed by atoms with Gasteiger partial charge >= 0.3 is 0 Å². The van der Waals surface area contributed by atoms with Gasteiger partial charge < -0.3 is 46.6 Å². The van der Waals surface area contributed by atoms with Gasteiger partial charge in [0.1, 0.15) is 0 Å². The second kappa shape index (κ2) is 7.27. The van der Waals surface area contributed by atoms with Gasteiger partial charge in [0, 0.05) is 25.2 Å². The van der Waals surface area contributed by atoms with E-state index in [4.69, 9.17) is 10.2 Å². The molecule has 2 aliphatic rings. The van der Waals surface area contributed by atoms with E-state index in [1.807, 2.05) is 0 Å². The van der Waals surface area contributed by atoms with Gasteiger partial charge in [-0.2, -0.15) is 0 Å². The van der Waals surface area contributed by atoms with Crippen LogP contribution in [0.15, 0.2) is 0 Å². The molecule has 0 bridgehead atoms. The Morgan fingerprint density at radius 2 is 0.952 bits per heavy atom. The molecular formula is C12H25N3O6. The molecule has 124 valence electrons. The SMILES string of the molecule is OC[C@H]1N[C@H](CNC[C@H]2N[C@H](CO)[C@@H](O)[C@@H]2O)[C@@H](O)[C@@H]1O. The molecule has 0 radical (unpaired) electrons. The molecule has 9 nitrogen and oxygen atoms in total. The highest BCUT2D eigenvalue weighted by Gasteiger charge is 2.42. The summed E-state index contributed by atoms with van der Waals surface area (Å²) in [6.45, 7) is 0.142. The molecule has 2 saturated heterocycles. The second-order valence-electron chi connectivity index (χ2n) is 5.75. The van der Waals surface area contributed by atoms with Crippen molar-refractivity contribution in [3.05, 3.63) is 0 Å². The Bertz CT molecular complexity index is 306. The smallest absolute Gasteiger partial charge is 0.0989 e. The Balaban J connectivity index is 1.75. The summed E-state index contributed by atoms with van der Waals surface area (Å²) in [4.78, 5) is 0. The first-order chi connectivity index (χ1) is 9.99. The zero-order valence-corrected chi connectivity index (χ0v) is 11.6. The fourth-order valence-corrected chi connectivity index (χ4v) is 2.97. The van der Waals surface area contributed by atoms with Gasteiger partial charge in [0.05, 0.1) is 49.7 Å². The Morgan fingerprint density at radius 1 is 0.619 bits per heavy atom. The van der Waals surface area contributed by atoms with Crippen LogP contribution in [0.1, 0.15) is 0 Å². The molecule has 0 aliphatic carbocycles. The van der Waals surface area contributed by atoms with Gasteiger partial charge in [-0.15, -0.1) is 0 Å². The fraction of sp³-hybridized carbons (Fsp3) is 1.00. The van der Waals surface area contributed by atoms with Gasteiger partial charge in [0.25, 0.3) is 0 Å². The molecule has 0 unspecified atom stereocenters. The van der Waals surface area contributed by atoms with Crippen molar-refractivity contribution in [1.29, 1.82) is 0 Å². The third-order valence-corrected chi connectivity index (χ3v) is 4.33. The van der Waals surface area contributed by atoms with E-state index in [1.54, 1.807) is 0 Å². The van der Waals surface area contributed by atoms with Crippen LogP contribution < -0.4 is 16.0 Å². The highest BCUT2D eigenvalue weighted by atomic mass is 16.3. The van der Waals surface area contributed by atoms with E-state index in [0.717, 1.165) is 0 Å². The Hall–Kier alpha value is -0.360. The minimum absolute atomic E-state index is 0.262. The van der Waals surface area contributed by atoms with E-state index in [2.05, 4.69) is 16.0 Å². The molecule has 2 fully saturated rings. The van der Waals surface area contributed by atoms with Crippen molar-refractivity contribution in [3.63, 3.8) is 0 Å². The molecule has 2 heterocycles. The van der Waals surface area contributed by atoms with Crippen molar-refractivity contribution in [2.45, 2.75) is 48.6 Å². The molecule has 9 N–H and O–H groups in total. The highest BCUT2D eigenvalue weighted by molar-refractivity contribution is 5.01. The Morgan fingerprint density at radius 3 is 1.24 bits per heavy atom. The van der Waals surface area contributed by atoms with Crippen molar-refractivity contribution in [1.82, 2.24) is 16.0 Å². The van der Waals surface area contributed by atoms with E-state index in [-0.39, 0.29) is 13.2 Å². The van der Waals surface area contributed by atoms with Crippen LogP contribution in [-0.2, 0) is 0 Å². The summed E-state index contributed by atoms with van der Waals surface area (Å²) in [6, 6.07) is -1.92. The molecule has 2 aliphatic heterocycles. The maximum atomic E-state index is 9.82. The largest absolute Gasteiger partial charge is 0.395 e. The van der Waals surface area contributed by atoms with E-state index >= 15 is 0 Å². The first-order valence-corrected chi connectivity index (χ1v) is 7.16. The Kier molecular flexibility index (Phi) is 5.88. The van der Waals surface area contributed by atoms with Gasteiger partial charge in [0.15, 0.2) is 0 Å². The van der Waals surface area contributed by atoms with Crippen molar-refractivity contribution in [2.75, 3.05) is 26.3 Å². The molecule has 9 heteroatoms. The lowest BCUT2D eigenvalue weighted by atomic mass is 10.1. The van der Waals surface area contributed by atoms with Crippen LogP contribution in [0.3, 0.4) is 0 Å². The molecule has 2 rings (SSSR count). The van der Waals surface area contributed by atoms with E-state index < -0.39 is 48.6 Å². The molecule has 0 aromatic heterocycles. The predicted molar refractivity (Wildman–Crippen MR) is 72.5 cm³/mol. The number of aliphatic hydroxyl groups is 6. The Labute approximate surface area is 122 Å². The summed E-state index contributed by atoms with van der Waals surface area (Å²) >= 11 is 0. The normalized spacial score (nSPS) is 47.1. The van der Waals surface area contributed by atoms with Crippen LogP contribution in [0.5, 0.6) is 0 Å². The van der Waals surface area contributed by atoms with Crippen molar-refractivity contribution in [2.24, 2.45) is 0 Å². The monoisotopic (exact) mass is 307 g/mol. The molecule has 0 aromatic carbocycles. The lowest BCUT2D eigenvalue weighted by Crippen LogP contribution is -2.48. The number of aliphatic hydroxyl groups excluding tert-OH is 6. The molecule has 0 saturated carbocycles. The highest BCUT2D eigenvalue weighted by Crippen LogP contribution is 2.15. The summed E-state index contributed by atoms with van der Waals surface area (Å²) in [5.74, 6) is 0. The average molecular weight is 307 g/mol.